The summed E-state index contributed by atoms with van der Waals surface area (Å²) in [6.07, 6.45) is 2.49. The molecule has 1 atom stereocenters. The quantitative estimate of drug-likeness (QED) is 0.371. The van der Waals surface area contributed by atoms with Crippen molar-refractivity contribution >= 4 is 5.84 Å². The predicted octanol–water partition coefficient (Wildman–Crippen LogP) is 1.64. The molecule has 0 amide bonds. The Morgan fingerprint density at radius 3 is 2.85 bits per heavy atom. The predicted molar refractivity (Wildman–Crippen MR) is 78.8 cm³/mol. The summed E-state index contributed by atoms with van der Waals surface area (Å²) in [6.45, 7) is 4.02. The van der Waals surface area contributed by atoms with Crippen LogP contribution in [0.4, 0.5) is 0 Å². The summed E-state index contributed by atoms with van der Waals surface area (Å²) < 4.78 is 5.26. The van der Waals surface area contributed by atoms with Crippen molar-refractivity contribution in [2.45, 2.75) is 19.4 Å². The molecule has 0 spiro atoms. The molecule has 1 aliphatic heterocycles. The average Bonchev–Trinajstić information content (AvgIpc) is 2.48. The van der Waals surface area contributed by atoms with Crippen molar-refractivity contribution in [2.75, 3.05) is 26.8 Å². The maximum absolute atomic E-state index is 8.64. The van der Waals surface area contributed by atoms with E-state index in [-0.39, 0.29) is 5.84 Å². The molecular formula is C15H23N3O2. The molecular weight excluding hydrogens is 254 g/mol. The van der Waals surface area contributed by atoms with Gasteiger partial charge in [0.25, 0.3) is 0 Å². The molecule has 1 unspecified atom stereocenters. The van der Waals surface area contributed by atoms with Crippen molar-refractivity contribution < 1.29 is 9.94 Å². The van der Waals surface area contributed by atoms with E-state index in [4.69, 9.17) is 15.7 Å². The Morgan fingerprint density at radius 1 is 1.45 bits per heavy atom. The maximum atomic E-state index is 8.64. The van der Waals surface area contributed by atoms with E-state index < -0.39 is 0 Å². The van der Waals surface area contributed by atoms with Crippen molar-refractivity contribution in [2.24, 2.45) is 16.8 Å². The fraction of sp³-hybridized carbons (Fsp3) is 0.533. The molecule has 20 heavy (non-hydrogen) atoms. The molecule has 1 heterocycles. The zero-order chi connectivity index (χ0) is 14.4. The van der Waals surface area contributed by atoms with E-state index >= 15 is 0 Å². The van der Waals surface area contributed by atoms with Crippen molar-refractivity contribution in [3.8, 4) is 0 Å². The summed E-state index contributed by atoms with van der Waals surface area (Å²) in [4.78, 5) is 2.46. The van der Waals surface area contributed by atoms with E-state index in [0.717, 1.165) is 31.8 Å². The van der Waals surface area contributed by atoms with Crippen LogP contribution in [0.1, 0.15) is 24.0 Å². The van der Waals surface area contributed by atoms with Gasteiger partial charge in [-0.2, -0.15) is 0 Å². The lowest BCUT2D eigenvalue weighted by molar-refractivity contribution is 0.0874. The normalized spacial score (nSPS) is 21.1. The van der Waals surface area contributed by atoms with E-state index in [1.807, 2.05) is 24.3 Å². The number of hydrogen-bond acceptors (Lipinski definition) is 4. The van der Waals surface area contributed by atoms with Gasteiger partial charge in [0.2, 0.25) is 0 Å². The Balaban J connectivity index is 1.92. The van der Waals surface area contributed by atoms with Gasteiger partial charge in [0.05, 0.1) is 6.61 Å². The number of hydrogen-bond donors (Lipinski definition) is 2. The zero-order valence-electron chi connectivity index (χ0n) is 12.0. The summed E-state index contributed by atoms with van der Waals surface area (Å²) >= 11 is 0. The van der Waals surface area contributed by atoms with Gasteiger partial charge >= 0.3 is 0 Å². The number of amidine groups is 1. The van der Waals surface area contributed by atoms with E-state index in [9.17, 15) is 0 Å². The van der Waals surface area contributed by atoms with Gasteiger partial charge in [-0.15, -0.1) is 0 Å². The summed E-state index contributed by atoms with van der Waals surface area (Å²) in [5, 5.41) is 11.6. The molecule has 1 aliphatic rings. The highest BCUT2D eigenvalue weighted by Crippen LogP contribution is 2.19. The number of benzene rings is 1. The minimum atomic E-state index is 0.148. The zero-order valence-corrected chi connectivity index (χ0v) is 12.0. The molecule has 2 rings (SSSR count). The minimum absolute atomic E-state index is 0.148. The lowest BCUT2D eigenvalue weighted by Gasteiger charge is -2.32. The van der Waals surface area contributed by atoms with Crippen LogP contribution in [0.25, 0.3) is 0 Å². The molecule has 0 radical (unpaired) electrons. The summed E-state index contributed by atoms with van der Waals surface area (Å²) in [5.41, 5.74) is 7.55. The number of nitrogens with two attached hydrogens (primary N) is 1. The number of nitrogens with zero attached hydrogens (tertiary/aromatic N) is 2. The molecule has 0 aromatic heterocycles. The van der Waals surface area contributed by atoms with Gasteiger partial charge < -0.3 is 15.7 Å². The molecule has 1 saturated heterocycles. The van der Waals surface area contributed by atoms with E-state index in [1.165, 1.54) is 18.4 Å². The number of methoxy groups -OCH3 is 1. The van der Waals surface area contributed by atoms with Crippen molar-refractivity contribution in [1.82, 2.24) is 4.90 Å². The smallest absolute Gasteiger partial charge is 0.170 e. The molecule has 1 aromatic carbocycles. The fourth-order valence-corrected chi connectivity index (χ4v) is 2.76. The number of rotatable bonds is 5. The number of oxime groups is 1. The molecule has 1 aromatic rings. The van der Waals surface area contributed by atoms with E-state index in [1.54, 1.807) is 7.11 Å². The van der Waals surface area contributed by atoms with Crippen LogP contribution in [-0.2, 0) is 11.3 Å². The highest BCUT2D eigenvalue weighted by Gasteiger charge is 2.19. The number of ether oxygens (including phenoxy) is 1. The third-order valence-corrected chi connectivity index (χ3v) is 3.77. The Hall–Kier alpha value is -1.59. The standard InChI is InChI=1S/C15H23N3O2/c1-20-11-13-3-2-8-18(10-13)9-12-4-6-14(7-5-12)15(16)17-19/h4-7,13,19H,2-3,8-11H2,1H3,(H2,16,17). The highest BCUT2D eigenvalue weighted by atomic mass is 16.5. The summed E-state index contributed by atoms with van der Waals surface area (Å²) in [7, 11) is 1.77. The molecule has 0 saturated carbocycles. The molecule has 0 bridgehead atoms. The summed E-state index contributed by atoms with van der Waals surface area (Å²) in [5.74, 6) is 0.792. The van der Waals surface area contributed by atoms with Crippen molar-refractivity contribution in [3.63, 3.8) is 0 Å². The van der Waals surface area contributed by atoms with Crippen LogP contribution in [0, 0.1) is 5.92 Å². The van der Waals surface area contributed by atoms with Crippen LogP contribution >= 0.6 is 0 Å². The minimum Gasteiger partial charge on any atom is -0.409 e. The second kappa shape index (κ2) is 7.26. The first-order valence-electron chi connectivity index (χ1n) is 7.01. The molecule has 110 valence electrons. The average molecular weight is 277 g/mol. The lowest BCUT2D eigenvalue weighted by Crippen LogP contribution is -2.36. The van der Waals surface area contributed by atoms with Gasteiger partial charge in [-0.05, 0) is 30.9 Å². The SMILES string of the molecule is COCC1CCCN(Cc2ccc(/C(N)=N/O)cc2)C1. The molecule has 0 aliphatic carbocycles. The lowest BCUT2D eigenvalue weighted by atomic mass is 9.98. The van der Waals surface area contributed by atoms with Crippen LogP contribution in [-0.4, -0.2) is 42.7 Å². The molecule has 1 fully saturated rings. The molecule has 5 heteroatoms. The first-order valence-corrected chi connectivity index (χ1v) is 7.01. The van der Waals surface area contributed by atoms with Crippen molar-refractivity contribution in [1.29, 1.82) is 0 Å². The van der Waals surface area contributed by atoms with Crippen LogP contribution < -0.4 is 5.73 Å². The van der Waals surface area contributed by atoms with E-state index in [2.05, 4.69) is 10.1 Å². The first kappa shape index (κ1) is 14.8. The summed E-state index contributed by atoms with van der Waals surface area (Å²) in [6, 6.07) is 7.85. The van der Waals surface area contributed by atoms with Gasteiger partial charge in [-0.25, -0.2) is 0 Å². The fourth-order valence-electron chi connectivity index (χ4n) is 2.76. The Kier molecular flexibility index (Phi) is 5.38. The topological polar surface area (TPSA) is 71.1 Å². The third kappa shape index (κ3) is 3.95. The number of piperidine rings is 1. The Labute approximate surface area is 120 Å². The monoisotopic (exact) mass is 277 g/mol. The Bertz CT molecular complexity index is 443. The van der Waals surface area contributed by atoms with Crippen LogP contribution in [0.2, 0.25) is 0 Å². The van der Waals surface area contributed by atoms with Gasteiger partial charge in [-0.3, -0.25) is 4.90 Å². The van der Waals surface area contributed by atoms with Crippen LogP contribution in [0.3, 0.4) is 0 Å². The Morgan fingerprint density at radius 2 is 2.20 bits per heavy atom. The molecule has 5 nitrogen and oxygen atoms in total. The van der Waals surface area contributed by atoms with Crippen molar-refractivity contribution in [3.05, 3.63) is 35.4 Å². The highest BCUT2D eigenvalue weighted by molar-refractivity contribution is 5.96. The molecule has 3 N–H and O–H groups in total. The van der Waals surface area contributed by atoms with Gasteiger partial charge in [0, 0.05) is 25.8 Å². The van der Waals surface area contributed by atoms with E-state index in [0.29, 0.717) is 5.92 Å². The van der Waals surface area contributed by atoms with Crippen LogP contribution in [0.15, 0.2) is 29.4 Å². The second-order valence-electron chi connectivity index (χ2n) is 5.38. The van der Waals surface area contributed by atoms with Gasteiger partial charge in [0.1, 0.15) is 0 Å². The third-order valence-electron chi connectivity index (χ3n) is 3.77. The van der Waals surface area contributed by atoms with Gasteiger partial charge in [-0.1, -0.05) is 29.4 Å². The largest absolute Gasteiger partial charge is 0.409 e. The number of likely N-dealkylation sites (tertiary alicyclic amines) is 1. The maximum Gasteiger partial charge on any atom is 0.170 e. The second-order valence-corrected chi connectivity index (χ2v) is 5.38. The van der Waals surface area contributed by atoms with Crippen LogP contribution in [0.5, 0.6) is 0 Å². The van der Waals surface area contributed by atoms with Gasteiger partial charge in [0.15, 0.2) is 5.84 Å². The first-order chi connectivity index (χ1) is 9.72.